The zero-order valence-corrected chi connectivity index (χ0v) is 18.5. The summed E-state index contributed by atoms with van der Waals surface area (Å²) in [5.41, 5.74) is 3.20. The van der Waals surface area contributed by atoms with E-state index in [0.717, 1.165) is 31.9 Å². The molecule has 0 fully saturated rings. The summed E-state index contributed by atoms with van der Waals surface area (Å²) in [7, 11) is 1.74. The summed E-state index contributed by atoms with van der Waals surface area (Å²) in [5, 5.41) is 9.76. The number of anilines is 1. The van der Waals surface area contributed by atoms with Gasteiger partial charge in [-0.05, 0) is 43.5 Å². The molecular formula is C21H22BrN3O2S. The van der Waals surface area contributed by atoms with E-state index in [9.17, 15) is 4.79 Å². The molecule has 1 heterocycles. The summed E-state index contributed by atoms with van der Waals surface area (Å²) < 4.78 is 6.89. The average Bonchev–Trinajstić information content (AvgIpc) is 3.17. The number of halogens is 1. The molecule has 5 nitrogen and oxygen atoms in total. The summed E-state index contributed by atoms with van der Waals surface area (Å²) in [5.74, 6) is 0.912. The molecule has 3 rings (SSSR count). The molecule has 3 aromatic rings. The molecule has 2 aromatic carbocycles. The Hall–Kier alpha value is -2.25. The van der Waals surface area contributed by atoms with Gasteiger partial charge in [-0.1, -0.05) is 57.6 Å². The molecule has 0 aliphatic rings. The van der Waals surface area contributed by atoms with Gasteiger partial charge < -0.3 is 4.74 Å². The van der Waals surface area contributed by atoms with E-state index in [-0.39, 0.29) is 5.91 Å². The van der Waals surface area contributed by atoms with Crippen molar-refractivity contribution >= 4 is 38.3 Å². The molecule has 1 amide bonds. The van der Waals surface area contributed by atoms with Crippen molar-refractivity contribution in [1.29, 1.82) is 0 Å². The van der Waals surface area contributed by atoms with Crippen molar-refractivity contribution < 1.29 is 9.53 Å². The van der Waals surface area contributed by atoms with Crippen LogP contribution in [0.2, 0.25) is 0 Å². The summed E-state index contributed by atoms with van der Waals surface area (Å²) in [4.78, 5) is 14.1. The largest absolute Gasteiger partial charge is 0.493 e. The summed E-state index contributed by atoms with van der Waals surface area (Å²) in [6.45, 7) is 4.56. The highest BCUT2D eigenvalue weighted by molar-refractivity contribution is 9.10. The number of hydrogen-bond donors (Lipinski definition) is 0. The minimum atomic E-state index is 0.00334. The fourth-order valence-corrected chi connectivity index (χ4v) is 3.85. The SMILES string of the molecule is Cc1cccc(C)c1OCCCC(=O)N(C)c1nnc(-c2ccc(Br)cc2)s1. The van der Waals surface area contributed by atoms with Crippen molar-refractivity contribution in [2.75, 3.05) is 18.6 Å². The first-order valence-electron chi connectivity index (χ1n) is 9.00. The van der Waals surface area contributed by atoms with E-state index in [0.29, 0.717) is 24.6 Å². The number of nitrogens with zero attached hydrogens (tertiary/aromatic N) is 3. The van der Waals surface area contributed by atoms with Gasteiger partial charge in [0.1, 0.15) is 10.8 Å². The molecule has 146 valence electrons. The number of para-hydroxylation sites is 1. The van der Waals surface area contributed by atoms with Crippen LogP contribution >= 0.6 is 27.3 Å². The normalized spacial score (nSPS) is 10.7. The van der Waals surface area contributed by atoms with Gasteiger partial charge >= 0.3 is 0 Å². The smallest absolute Gasteiger partial charge is 0.228 e. The van der Waals surface area contributed by atoms with Crippen molar-refractivity contribution in [1.82, 2.24) is 10.2 Å². The van der Waals surface area contributed by atoms with E-state index in [1.807, 2.05) is 56.3 Å². The summed E-state index contributed by atoms with van der Waals surface area (Å²) >= 11 is 4.83. The molecule has 1 aromatic heterocycles. The fraction of sp³-hybridized carbons (Fsp3) is 0.286. The first-order chi connectivity index (χ1) is 13.5. The molecule has 28 heavy (non-hydrogen) atoms. The maximum absolute atomic E-state index is 12.5. The summed E-state index contributed by atoms with van der Waals surface area (Å²) in [6.07, 6.45) is 1.05. The topological polar surface area (TPSA) is 55.3 Å². The Labute approximate surface area is 177 Å². The molecule has 0 spiro atoms. The van der Waals surface area contributed by atoms with Crippen molar-refractivity contribution in [3.63, 3.8) is 0 Å². The second kappa shape index (κ2) is 9.30. The molecule has 0 atom stereocenters. The van der Waals surface area contributed by atoms with Crippen LogP contribution in [0.25, 0.3) is 10.6 Å². The van der Waals surface area contributed by atoms with E-state index in [1.165, 1.54) is 11.3 Å². The lowest BCUT2D eigenvalue weighted by Crippen LogP contribution is -2.26. The van der Waals surface area contributed by atoms with E-state index in [2.05, 4.69) is 26.1 Å². The molecule has 0 saturated carbocycles. The van der Waals surface area contributed by atoms with Crippen LogP contribution in [0.5, 0.6) is 5.75 Å². The number of amides is 1. The van der Waals surface area contributed by atoms with Crippen LogP contribution in [-0.4, -0.2) is 29.8 Å². The van der Waals surface area contributed by atoms with E-state index >= 15 is 0 Å². The number of aryl methyl sites for hydroxylation is 2. The molecule has 0 radical (unpaired) electrons. The van der Waals surface area contributed by atoms with Gasteiger partial charge in [0.2, 0.25) is 11.0 Å². The van der Waals surface area contributed by atoms with Gasteiger partial charge in [0.25, 0.3) is 0 Å². The lowest BCUT2D eigenvalue weighted by atomic mass is 10.1. The monoisotopic (exact) mass is 459 g/mol. The van der Waals surface area contributed by atoms with Gasteiger partial charge in [0, 0.05) is 23.5 Å². The Kier molecular flexibility index (Phi) is 6.80. The van der Waals surface area contributed by atoms with Gasteiger partial charge in [-0.15, -0.1) is 10.2 Å². The van der Waals surface area contributed by atoms with Crippen molar-refractivity contribution in [2.24, 2.45) is 0 Å². The predicted molar refractivity (Wildman–Crippen MR) is 117 cm³/mol. The lowest BCUT2D eigenvalue weighted by molar-refractivity contribution is -0.118. The van der Waals surface area contributed by atoms with E-state index in [4.69, 9.17) is 4.74 Å². The molecule has 7 heteroatoms. The number of rotatable bonds is 7. The highest BCUT2D eigenvalue weighted by Crippen LogP contribution is 2.29. The Morgan fingerprint density at radius 3 is 2.46 bits per heavy atom. The highest BCUT2D eigenvalue weighted by atomic mass is 79.9. The van der Waals surface area contributed by atoms with Crippen molar-refractivity contribution in [3.8, 4) is 16.3 Å². The Bertz CT molecular complexity index is 936. The van der Waals surface area contributed by atoms with Crippen LogP contribution in [0, 0.1) is 13.8 Å². The molecule has 0 bridgehead atoms. The molecule has 0 aliphatic heterocycles. The Morgan fingerprint density at radius 1 is 1.11 bits per heavy atom. The molecule has 0 N–H and O–H groups in total. The minimum Gasteiger partial charge on any atom is -0.493 e. The molecule has 0 saturated heterocycles. The maximum atomic E-state index is 12.5. The van der Waals surface area contributed by atoms with Crippen LogP contribution < -0.4 is 9.64 Å². The van der Waals surface area contributed by atoms with Gasteiger partial charge in [-0.25, -0.2) is 0 Å². The van der Waals surface area contributed by atoms with Gasteiger partial charge in [-0.2, -0.15) is 0 Å². The van der Waals surface area contributed by atoms with Crippen LogP contribution in [-0.2, 0) is 4.79 Å². The van der Waals surface area contributed by atoms with Crippen molar-refractivity contribution in [2.45, 2.75) is 26.7 Å². The summed E-state index contributed by atoms with van der Waals surface area (Å²) in [6, 6.07) is 13.9. The number of carbonyl (C=O) groups excluding carboxylic acids is 1. The van der Waals surface area contributed by atoms with Crippen molar-refractivity contribution in [3.05, 3.63) is 58.1 Å². The number of ether oxygens (including phenoxy) is 1. The molecule has 0 unspecified atom stereocenters. The zero-order chi connectivity index (χ0) is 20.1. The standard InChI is InChI=1S/C21H22BrN3O2S/c1-14-6-4-7-15(2)19(14)27-13-5-8-18(26)25(3)21-24-23-20(28-21)16-9-11-17(22)12-10-16/h4,6-7,9-12H,5,8,13H2,1-3H3. The lowest BCUT2D eigenvalue weighted by Gasteiger charge is -2.14. The highest BCUT2D eigenvalue weighted by Gasteiger charge is 2.16. The third-order valence-corrected chi connectivity index (χ3v) is 5.93. The quantitative estimate of drug-likeness (QED) is 0.443. The maximum Gasteiger partial charge on any atom is 0.228 e. The predicted octanol–water partition coefficient (Wildman–Crippen LogP) is 5.41. The number of carbonyl (C=O) groups is 1. The third kappa shape index (κ3) is 4.97. The van der Waals surface area contributed by atoms with Crippen LogP contribution in [0.1, 0.15) is 24.0 Å². The molecule has 0 aliphatic carbocycles. The third-order valence-electron chi connectivity index (χ3n) is 4.36. The van der Waals surface area contributed by atoms with Gasteiger partial charge in [-0.3, -0.25) is 9.69 Å². The minimum absolute atomic E-state index is 0.00334. The fourth-order valence-electron chi connectivity index (χ4n) is 2.76. The number of aromatic nitrogens is 2. The van der Waals surface area contributed by atoms with Crippen LogP contribution in [0.3, 0.4) is 0 Å². The first-order valence-corrected chi connectivity index (χ1v) is 10.6. The Balaban J connectivity index is 1.53. The second-order valence-electron chi connectivity index (χ2n) is 6.52. The van der Waals surface area contributed by atoms with E-state index in [1.54, 1.807) is 11.9 Å². The van der Waals surface area contributed by atoms with Gasteiger partial charge in [0.15, 0.2) is 0 Å². The average molecular weight is 460 g/mol. The molecular weight excluding hydrogens is 438 g/mol. The van der Waals surface area contributed by atoms with E-state index < -0.39 is 0 Å². The van der Waals surface area contributed by atoms with Crippen LogP contribution in [0.15, 0.2) is 46.9 Å². The first kappa shape index (κ1) is 20.5. The van der Waals surface area contributed by atoms with Crippen LogP contribution in [0.4, 0.5) is 5.13 Å². The van der Waals surface area contributed by atoms with Gasteiger partial charge in [0.05, 0.1) is 6.61 Å². The zero-order valence-electron chi connectivity index (χ0n) is 16.1. The second-order valence-corrected chi connectivity index (χ2v) is 8.39. The number of hydrogen-bond acceptors (Lipinski definition) is 5. The number of benzene rings is 2. The Morgan fingerprint density at radius 2 is 1.79 bits per heavy atom.